The summed E-state index contributed by atoms with van der Waals surface area (Å²) >= 11 is 7.88. The maximum absolute atomic E-state index is 14.2. The third kappa shape index (κ3) is 6.42. The number of aromatic nitrogens is 7. The number of nitrogens with zero attached hydrogens (tertiary/aromatic N) is 9. The summed E-state index contributed by atoms with van der Waals surface area (Å²) in [7, 11) is -3.91. The van der Waals surface area contributed by atoms with Crippen molar-refractivity contribution in [3.8, 4) is 5.82 Å². The number of sulfonamides is 1. The Bertz CT molecular complexity index is 2270. The molecule has 5 aromatic rings. The van der Waals surface area contributed by atoms with Crippen molar-refractivity contribution < 1.29 is 26.7 Å². The molecule has 2 fully saturated rings. The molecule has 0 spiro atoms. The number of hydrogen-bond acceptors (Lipinski definition) is 11. The topological polar surface area (TPSA) is 156 Å². The largest absolute Gasteiger partial charge is 0.383 e. The van der Waals surface area contributed by atoms with Crippen LogP contribution in [0.3, 0.4) is 0 Å². The Morgan fingerprint density at radius 2 is 1.92 bits per heavy atom. The number of hydrogen-bond donors (Lipinski definition) is 2. The first-order chi connectivity index (χ1) is 25.0. The van der Waals surface area contributed by atoms with E-state index in [-0.39, 0.29) is 49.4 Å². The first kappa shape index (κ1) is 34.6. The van der Waals surface area contributed by atoms with Crippen LogP contribution in [-0.4, -0.2) is 76.8 Å². The Hall–Kier alpha value is -4.49. The highest BCUT2D eigenvalue weighted by Gasteiger charge is 2.45. The summed E-state index contributed by atoms with van der Waals surface area (Å²) in [6.07, 6.45) is 6.82. The molecule has 13 nitrogen and oxygen atoms in total. The molecule has 1 saturated heterocycles. The second-order valence-corrected chi connectivity index (χ2v) is 16.1. The molecule has 1 aromatic carbocycles. The number of pyridine rings is 1. The molecule has 2 aliphatic heterocycles. The smallest absolute Gasteiger partial charge is 0.333 e. The van der Waals surface area contributed by atoms with Crippen molar-refractivity contribution in [2.24, 2.45) is 4.99 Å². The summed E-state index contributed by atoms with van der Waals surface area (Å²) in [5.41, 5.74) is 0.646. The predicted molar refractivity (Wildman–Crippen MR) is 186 cm³/mol. The van der Waals surface area contributed by atoms with Crippen LogP contribution in [0.1, 0.15) is 66.7 Å². The fourth-order valence-electron chi connectivity index (χ4n) is 7.07. The first-order valence-electron chi connectivity index (χ1n) is 16.3. The van der Waals surface area contributed by atoms with Gasteiger partial charge in [-0.1, -0.05) is 28.9 Å². The molecule has 270 valence electrons. The Morgan fingerprint density at radius 1 is 1.10 bits per heavy atom. The first-order valence-corrected chi connectivity index (χ1v) is 19.1. The molecule has 19 heteroatoms. The molecule has 2 N–H and O–H groups in total. The molecular formula is C33H30ClF3N10O3S2. The summed E-state index contributed by atoms with van der Waals surface area (Å²) in [4.78, 5) is 15.5. The van der Waals surface area contributed by atoms with Crippen LogP contribution in [0.15, 0.2) is 83.3 Å². The molecule has 1 aliphatic carbocycles. The number of fused-ring (bicyclic) bond motifs is 1. The van der Waals surface area contributed by atoms with Crippen molar-refractivity contribution in [2.45, 2.75) is 61.6 Å². The predicted octanol–water partition coefficient (Wildman–Crippen LogP) is 5.24. The molecule has 0 amide bonds. The lowest BCUT2D eigenvalue weighted by molar-refractivity contribution is -0.00392. The number of nitrogens with one attached hydrogen (secondary N) is 1. The van der Waals surface area contributed by atoms with Gasteiger partial charge < -0.3 is 10.0 Å². The van der Waals surface area contributed by atoms with Crippen molar-refractivity contribution in [2.75, 3.05) is 6.54 Å². The summed E-state index contributed by atoms with van der Waals surface area (Å²) in [6.45, 7) is -2.73. The van der Waals surface area contributed by atoms with E-state index in [0.29, 0.717) is 43.9 Å². The van der Waals surface area contributed by atoms with Gasteiger partial charge in [0, 0.05) is 64.8 Å². The maximum atomic E-state index is 14.2. The van der Waals surface area contributed by atoms with Gasteiger partial charge in [0.15, 0.2) is 16.7 Å². The fourth-order valence-corrected chi connectivity index (χ4v) is 9.66. The minimum absolute atomic E-state index is 0.0823. The molecule has 8 rings (SSSR count). The highest BCUT2D eigenvalue weighted by atomic mass is 35.5. The number of rotatable bonds is 9. The number of thiazole rings is 1. The zero-order valence-electron chi connectivity index (χ0n) is 27.1. The summed E-state index contributed by atoms with van der Waals surface area (Å²) in [6, 6.07) is 9.14. The van der Waals surface area contributed by atoms with Gasteiger partial charge in [0.25, 0.3) is 0 Å². The molecule has 1 saturated carbocycles. The van der Waals surface area contributed by atoms with Crippen LogP contribution >= 0.6 is 22.9 Å². The van der Waals surface area contributed by atoms with Crippen LogP contribution in [0.2, 0.25) is 5.02 Å². The minimum atomic E-state index is -3.91. The van der Waals surface area contributed by atoms with E-state index in [0.717, 1.165) is 12.3 Å². The van der Waals surface area contributed by atoms with Crippen LogP contribution in [0.25, 0.3) is 11.4 Å². The lowest BCUT2D eigenvalue weighted by Gasteiger charge is -2.34. The molecule has 3 aliphatic rings. The van der Waals surface area contributed by atoms with E-state index in [4.69, 9.17) is 16.6 Å². The third-order valence-electron chi connectivity index (χ3n) is 9.61. The van der Waals surface area contributed by atoms with E-state index in [2.05, 4.69) is 30.1 Å². The molecule has 0 bridgehead atoms. The number of amidine groups is 1. The van der Waals surface area contributed by atoms with Gasteiger partial charge in [-0.2, -0.15) is 13.9 Å². The molecule has 0 radical (unpaired) electrons. The van der Waals surface area contributed by atoms with Gasteiger partial charge in [-0.3, -0.25) is 4.99 Å². The Labute approximate surface area is 304 Å². The van der Waals surface area contributed by atoms with Crippen molar-refractivity contribution in [1.82, 2.24) is 44.4 Å². The van der Waals surface area contributed by atoms with Crippen molar-refractivity contribution >= 4 is 44.4 Å². The quantitative estimate of drug-likeness (QED) is 0.205. The Morgan fingerprint density at radius 3 is 2.62 bits per heavy atom. The third-order valence-corrected chi connectivity index (χ3v) is 12.7. The number of aliphatic hydroxyl groups is 1. The van der Waals surface area contributed by atoms with Crippen molar-refractivity contribution in [3.05, 3.63) is 111 Å². The number of halogens is 4. The van der Waals surface area contributed by atoms with E-state index in [1.54, 1.807) is 36.1 Å². The van der Waals surface area contributed by atoms with Crippen LogP contribution in [-0.2, 0) is 15.6 Å². The zero-order chi connectivity index (χ0) is 36.2. The van der Waals surface area contributed by atoms with Crippen LogP contribution in [0.5, 0.6) is 0 Å². The Balaban J connectivity index is 1.08. The SMILES string of the molecule is O=S(=O)(NC1CC2=C(c3ccn(C(F)F)n3)[C@H](c3ccc(F)cc3Cl)N=C(c3nccs3)N2C1)C1CCC(O)(c2cn(-c3ccccn3)nn2)CC1. The van der Waals surface area contributed by atoms with Crippen LogP contribution in [0, 0.1) is 5.82 Å². The van der Waals surface area contributed by atoms with Crippen LogP contribution in [0.4, 0.5) is 13.2 Å². The standard InChI is InChI=1S/C33H30ClF3N10O3S2/c34-23-15-19(35)4-5-22(23)29-28(24-8-13-46(42-24)32(36)37)25-16-20(17-45(25)30(40-29)31-39-12-14-51-31)43-52(49,50)21-6-9-33(48,10-7-21)26-18-47(44-41-26)27-3-1-2-11-38-27/h1-5,8,11-15,18,20-21,29,32,43,48H,6-7,9-10,16-17H2/t20?,21?,29-,33?/m0/s1. The lowest BCUT2D eigenvalue weighted by atomic mass is 9.82. The summed E-state index contributed by atoms with van der Waals surface area (Å²) in [5.74, 6) is 0.420. The second kappa shape index (κ2) is 13.5. The van der Waals surface area contributed by atoms with E-state index >= 15 is 0 Å². The molecule has 2 atom stereocenters. The van der Waals surface area contributed by atoms with Crippen LogP contribution < -0.4 is 4.72 Å². The molecule has 1 unspecified atom stereocenters. The average Bonchev–Trinajstić information content (AvgIpc) is 3.96. The van der Waals surface area contributed by atoms with Gasteiger partial charge >= 0.3 is 6.55 Å². The number of benzene rings is 1. The van der Waals surface area contributed by atoms with Gasteiger partial charge in [0.1, 0.15) is 23.2 Å². The van der Waals surface area contributed by atoms with Crippen molar-refractivity contribution in [3.63, 3.8) is 0 Å². The van der Waals surface area contributed by atoms with E-state index in [1.807, 2.05) is 11.0 Å². The highest BCUT2D eigenvalue weighted by Crippen LogP contribution is 2.47. The van der Waals surface area contributed by atoms with Gasteiger partial charge in [-0.25, -0.2) is 36.9 Å². The second-order valence-electron chi connectivity index (χ2n) is 12.8. The molecular weight excluding hydrogens is 741 g/mol. The monoisotopic (exact) mass is 770 g/mol. The van der Waals surface area contributed by atoms with Gasteiger partial charge in [-0.05, 0) is 56.0 Å². The lowest BCUT2D eigenvalue weighted by Crippen LogP contribution is -2.46. The van der Waals surface area contributed by atoms with E-state index in [9.17, 15) is 26.7 Å². The highest BCUT2D eigenvalue weighted by molar-refractivity contribution is 7.90. The minimum Gasteiger partial charge on any atom is -0.383 e. The van der Waals surface area contributed by atoms with Gasteiger partial charge in [0.05, 0.1) is 17.1 Å². The normalized spacial score (nSPS) is 23.7. The Kier molecular flexibility index (Phi) is 8.97. The van der Waals surface area contributed by atoms with E-state index in [1.165, 1.54) is 34.2 Å². The van der Waals surface area contributed by atoms with E-state index < -0.39 is 45.3 Å². The van der Waals surface area contributed by atoms with Gasteiger partial charge in [-0.15, -0.1) is 16.4 Å². The average molecular weight is 771 g/mol. The zero-order valence-corrected chi connectivity index (χ0v) is 29.5. The molecule has 4 aromatic heterocycles. The maximum Gasteiger partial charge on any atom is 0.333 e. The molecule has 6 heterocycles. The fraction of sp³-hybridized carbons (Fsp3) is 0.333. The molecule has 52 heavy (non-hydrogen) atoms. The summed E-state index contributed by atoms with van der Waals surface area (Å²) in [5, 5.41) is 25.5. The number of aliphatic imine (C=N–C) groups is 1. The van der Waals surface area contributed by atoms with Gasteiger partial charge in [0.2, 0.25) is 10.0 Å². The number of alkyl halides is 2. The summed E-state index contributed by atoms with van der Waals surface area (Å²) < 4.78 is 74.3. The van der Waals surface area contributed by atoms with Crippen molar-refractivity contribution in [1.29, 1.82) is 0 Å².